The Hall–Kier alpha value is -1.59. The smallest absolute Gasteiger partial charge is 0.221 e. The lowest BCUT2D eigenvalue weighted by Gasteiger charge is -2.26. The second-order valence-corrected chi connectivity index (χ2v) is 4.85. The quantitative estimate of drug-likeness (QED) is 0.779. The first-order chi connectivity index (χ1) is 9.84. The predicted molar refractivity (Wildman–Crippen MR) is 79.8 cm³/mol. The minimum Gasteiger partial charge on any atom is -0.385 e. The van der Waals surface area contributed by atoms with Crippen LogP contribution < -0.4 is 10.6 Å². The maximum Gasteiger partial charge on any atom is 0.221 e. The molecule has 0 atom stereocenters. The van der Waals surface area contributed by atoms with Crippen molar-refractivity contribution in [2.45, 2.75) is 6.42 Å². The molecule has 1 aliphatic heterocycles. The number of ether oxygens (including phenoxy) is 1. The molecule has 0 spiro atoms. The molecule has 0 aliphatic carbocycles. The molecule has 0 saturated carbocycles. The van der Waals surface area contributed by atoms with Crippen LogP contribution in [0.25, 0.3) is 0 Å². The fourth-order valence-electron chi connectivity index (χ4n) is 2.14. The van der Waals surface area contributed by atoms with Crippen molar-refractivity contribution in [2.75, 3.05) is 51.3 Å². The minimum absolute atomic E-state index is 0.0988. The van der Waals surface area contributed by atoms with Gasteiger partial charge >= 0.3 is 0 Å². The van der Waals surface area contributed by atoms with Crippen LogP contribution in [0.2, 0.25) is 0 Å². The SMILES string of the molecule is O=C(CCNc1ccccc1)NCCN1CCOCC1. The Morgan fingerprint density at radius 1 is 1.15 bits per heavy atom. The zero-order valence-electron chi connectivity index (χ0n) is 11.8. The summed E-state index contributed by atoms with van der Waals surface area (Å²) in [6.45, 7) is 5.81. The third kappa shape index (κ3) is 5.59. The van der Waals surface area contributed by atoms with Crippen molar-refractivity contribution < 1.29 is 9.53 Å². The lowest BCUT2D eigenvalue weighted by atomic mass is 10.3. The van der Waals surface area contributed by atoms with Crippen molar-refractivity contribution in [2.24, 2.45) is 0 Å². The number of morpholine rings is 1. The summed E-state index contributed by atoms with van der Waals surface area (Å²) in [5.74, 6) is 0.0988. The number of nitrogens with zero attached hydrogens (tertiary/aromatic N) is 1. The van der Waals surface area contributed by atoms with Crippen LogP contribution >= 0.6 is 0 Å². The van der Waals surface area contributed by atoms with Crippen molar-refractivity contribution in [1.29, 1.82) is 0 Å². The van der Waals surface area contributed by atoms with Gasteiger partial charge in [0.2, 0.25) is 5.91 Å². The topological polar surface area (TPSA) is 53.6 Å². The van der Waals surface area contributed by atoms with E-state index in [1.165, 1.54) is 0 Å². The lowest BCUT2D eigenvalue weighted by Crippen LogP contribution is -2.41. The van der Waals surface area contributed by atoms with Crippen LogP contribution in [0.5, 0.6) is 0 Å². The predicted octanol–water partition coefficient (Wildman–Crippen LogP) is 0.937. The number of hydrogen-bond acceptors (Lipinski definition) is 4. The molecule has 5 nitrogen and oxygen atoms in total. The third-order valence-corrected chi connectivity index (χ3v) is 3.31. The molecule has 1 aromatic rings. The van der Waals surface area contributed by atoms with Crippen LogP contribution in [0.4, 0.5) is 5.69 Å². The van der Waals surface area contributed by atoms with E-state index in [2.05, 4.69) is 15.5 Å². The van der Waals surface area contributed by atoms with Crippen LogP contribution in [0.3, 0.4) is 0 Å². The number of benzene rings is 1. The molecule has 20 heavy (non-hydrogen) atoms. The highest BCUT2D eigenvalue weighted by Gasteiger charge is 2.09. The van der Waals surface area contributed by atoms with Gasteiger partial charge in [0.15, 0.2) is 0 Å². The van der Waals surface area contributed by atoms with Gasteiger partial charge in [0.25, 0.3) is 0 Å². The van der Waals surface area contributed by atoms with Crippen molar-refractivity contribution in [3.8, 4) is 0 Å². The van der Waals surface area contributed by atoms with Crippen molar-refractivity contribution >= 4 is 11.6 Å². The average Bonchev–Trinajstić information content (AvgIpc) is 2.49. The van der Waals surface area contributed by atoms with Gasteiger partial charge in [-0.05, 0) is 12.1 Å². The number of hydrogen-bond donors (Lipinski definition) is 2. The van der Waals surface area contributed by atoms with Crippen LogP contribution in [0.1, 0.15) is 6.42 Å². The zero-order chi connectivity index (χ0) is 14.0. The van der Waals surface area contributed by atoms with Crippen LogP contribution in [-0.4, -0.2) is 56.7 Å². The Bertz CT molecular complexity index is 391. The van der Waals surface area contributed by atoms with Crippen molar-refractivity contribution in [3.05, 3.63) is 30.3 Å². The molecule has 1 amide bonds. The van der Waals surface area contributed by atoms with E-state index in [-0.39, 0.29) is 5.91 Å². The number of para-hydroxylation sites is 1. The largest absolute Gasteiger partial charge is 0.385 e. The maximum absolute atomic E-state index is 11.7. The number of amides is 1. The molecule has 0 radical (unpaired) electrons. The van der Waals surface area contributed by atoms with Crippen molar-refractivity contribution in [1.82, 2.24) is 10.2 Å². The maximum atomic E-state index is 11.7. The molecule has 5 heteroatoms. The first kappa shape index (κ1) is 14.8. The fraction of sp³-hybridized carbons (Fsp3) is 0.533. The second-order valence-electron chi connectivity index (χ2n) is 4.85. The number of nitrogens with one attached hydrogen (secondary N) is 2. The molecule has 0 aromatic heterocycles. The molecule has 110 valence electrons. The van der Waals surface area contributed by atoms with Gasteiger partial charge < -0.3 is 15.4 Å². The van der Waals surface area contributed by atoms with E-state index in [1.54, 1.807) is 0 Å². The number of carbonyl (C=O) groups is 1. The zero-order valence-corrected chi connectivity index (χ0v) is 11.8. The summed E-state index contributed by atoms with van der Waals surface area (Å²) in [4.78, 5) is 14.0. The van der Waals surface area contributed by atoms with E-state index < -0.39 is 0 Å². The standard InChI is InChI=1S/C15H23N3O2/c19-15(6-7-16-14-4-2-1-3-5-14)17-8-9-18-10-12-20-13-11-18/h1-5,16H,6-13H2,(H,17,19). The van der Waals surface area contributed by atoms with E-state index in [9.17, 15) is 4.79 Å². The summed E-state index contributed by atoms with van der Waals surface area (Å²) in [5, 5.41) is 6.18. The van der Waals surface area contributed by atoms with E-state index in [4.69, 9.17) is 4.74 Å². The van der Waals surface area contributed by atoms with Gasteiger partial charge in [-0.2, -0.15) is 0 Å². The minimum atomic E-state index is 0.0988. The normalized spacial score (nSPS) is 15.8. The van der Waals surface area contributed by atoms with Gasteiger partial charge in [-0.1, -0.05) is 18.2 Å². The number of anilines is 1. The molecule has 2 rings (SSSR count). The summed E-state index contributed by atoms with van der Waals surface area (Å²) in [6.07, 6.45) is 0.498. The molecule has 1 heterocycles. The lowest BCUT2D eigenvalue weighted by molar-refractivity contribution is -0.120. The second kappa shape index (κ2) is 8.55. The number of carbonyl (C=O) groups excluding carboxylic acids is 1. The average molecular weight is 277 g/mol. The third-order valence-electron chi connectivity index (χ3n) is 3.31. The van der Waals surface area contributed by atoms with Crippen LogP contribution in [-0.2, 0) is 9.53 Å². The molecule has 1 fully saturated rings. The van der Waals surface area contributed by atoms with E-state index in [1.807, 2.05) is 30.3 Å². The van der Waals surface area contributed by atoms with Gasteiger partial charge in [-0.3, -0.25) is 9.69 Å². The molecule has 1 aliphatic rings. The number of rotatable bonds is 7. The molecular weight excluding hydrogens is 254 g/mol. The van der Waals surface area contributed by atoms with Crippen molar-refractivity contribution in [3.63, 3.8) is 0 Å². The highest BCUT2D eigenvalue weighted by Crippen LogP contribution is 2.04. The summed E-state index contributed by atoms with van der Waals surface area (Å²) >= 11 is 0. The molecule has 0 bridgehead atoms. The summed E-state index contributed by atoms with van der Waals surface area (Å²) in [5.41, 5.74) is 1.05. The van der Waals surface area contributed by atoms with Gasteiger partial charge in [0.05, 0.1) is 13.2 Å². The summed E-state index contributed by atoms with van der Waals surface area (Å²) in [7, 11) is 0. The molecule has 2 N–H and O–H groups in total. The highest BCUT2D eigenvalue weighted by atomic mass is 16.5. The van der Waals surface area contributed by atoms with E-state index >= 15 is 0 Å². The Kier molecular flexibility index (Phi) is 6.34. The van der Waals surface area contributed by atoms with Crippen LogP contribution in [0.15, 0.2) is 30.3 Å². The van der Waals surface area contributed by atoms with Gasteiger partial charge in [0, 0.05) is 44.8 Å². The first-order valence-corrected chi connectivity index (χ1v) is 7.20. The van der Waals surface area contributed by atoms with E-state index in [0.29, 0.717) is 19.5 Å². The highest BCUT2D eigenvalue weighted by molar-refractivity contribution is 5.76. The summed E-state index contributed by atoms with van der Waals surface area (Å²) < 4.78 is 5.29. The Labute approximate surface area is 120 Å². The van der Waals surface area contributed by atoms with Crippen LogP contribution in [0, 0.1) is 0 Å². The van der Waals surface area contributed by atoms with Gasteiger partial charge in [-0.25, -0.2) is 0 Å². The Morgan fingerprint density at radius 3 is 2.65 bits per heavy atom. The molecule has 1 aromatic carbocycles. The Balaban J connectivity index is 1.52. The van der Waals surface area contributed by atoms with Gasteiger partial charge in [0.1, 0.15) is 0 Å². The fourth-order valence-corrected chi connectivity index (χ4v) is 2.14. The first-order valence-electron chi connectivity index (χ1n) is 7.20. The molecular formula is C15H23N3O2. The van der Waals surface area contributed by atoms with Gasteiger partial charge in [-0.15, -0.1) is 0 Å². The Morgan fingerprint density at radius 2 is 1.90 bits per heavy atom. The monoisotopic (exact) mass is 277 g/mol. The molecule has 0 unspecified atom stereocenters. The van der Waals surface area contributed by atoms with E-state index in [0.717, 1.165) is 38.5 Å². The molecule has 1 saturated heterocycles. The summed E-state index contributed by atoms with van der Waals surface area (Å²) in [6, 6.07) is 9.92.